The van der Waals surface area contributed by atoms with E-state index in [2.05, 4.69) is 0 Å². The quantitative estimate of drug-likeness (QED) is 0.864. The van der Waals surface area contributed by atoms with Gasteiger partial charge in [-0.1, -0.05) is 11.6 Å². The number of sulfonamides is 1. The number of halogens is 1. The van der Waals surface area contributed by atoms with Gasteiger partial charge in [0.05, 0.1) is 15.6 Å². The fraction of sp³-hybridized carbons (Fsp3) is 0.286. The van der Waals surface area contributed by atoms with Crippen molar-refractivity contribution in [2.24, 2.45) is 0 Å². The lowest BCUT2D eigenvalue weighted by molar-refractivity contribution is 0.469. The number of hydrogen-bond acceptors (Lipinski definition) is 4. The molecule has 1 heterocycles. The standard InChI is InChI=1S/C14H17ClN2O2S2/c1-9-4-5-20-13(9)8-17(3)21(18,19)11-6-10(2)14(15)12(16)7-11/h4-7H,8,16H2,1-3H3. The van der Waals surface area contributed by atoms with Gasteiger partial charge in [-0.25, -0.2) is 8.42 Å². The van der Waals surface area contributed by atoms with Gasteiger partial charge < -0.3 is 5.73 Å². The molecule has 4 nitrogen and oxygen atoms in total. The molecule has 0 radical (unpaired) electrons. The van der Waals surface area contributed by atoms with Crippen molar-refractivity contribution in [3.8, 4) is 0 Å². The van der Waals surface area contributed by atoms with Crippen molar-refractivity contribution in [3.05, 3.63) is 44.6 Å². The van der Waals surface area contributed by atoms with Gasteiger partial charge in [-0.2, -0.15) is 4.31 Å². The maximum atomic E-state index is 12.6. The molecule has 2 aromatic rings. The Labute approximate surface area is 134 Å². The molecule has 2 N–H and O–H groups in total. The summed E-state index contributed by atoms with van der Waals surface area (Å²) in [6.07, 6.45) is 0. The second-order valence-corrected chi connectivity index (χ2v) is 8.35. The van der Waals surface area contributed by atoms with Crippen LogP contribution in [0.5, 0.6) is 0 Å². The number of aryl methyl sites for hydroxylation is 2. The third-order valence-electron chi connectivity index (χ3n) is 3.30. The van der Waals surface area contributed by atoms with Crippen LogP contribution in [0.3, 0.4) is 0 Å². The second-order valence-electron chi connectivity index (χ2n) is 4.93. The molecule has 0 bridgehead atoms. The van der Waals surface area contributed by atoms with Crippen molar-refractivity contribution in [3.63, 3.8) is 0 Å². The highest BCUT2D eigenvalue weighted by molar-refractivity contribution is 7.89. The molecule has 0 spiro atoms. The summed E-state index contributed by atoms with van der Waals surface area (Å²) < 4.78 is 26.6. The minimum atomic E-state index is -3.59. The van der Waals surface area contributed by atoms with Gasteiger partial charge in [-0.05, 0) is 48.6 Å². The maximum Gasteiger partial charge on any atom is 0.243 e. The highest BCUT2D eigenvalue weighted by Gasteiger charge is 2.23. The molecular weight excluding hydrogens is 328 g/mol. The SMILES string of the molecule is Cc1ccsc1CN(C)S(=O)(=O)c1cc(C)c(Cl)c(N)c1. The fourth-order valence-electron chi connectivity index (χ4n) is 1.94. The Morgan fingerprint density at radius 2 is 1.95 bits per heavy atom. The van der Waals surface area contributed by atoms with Crippen molar-refractivity contribution in [1.29, 1.82) is 0 Å². The second kappa shape index (κ2) is 5.96. The van der Waals surface area contributed by atoms with Crippen molar-refractivity contribution < 1.29 is 8.42 Å². The molecule has 0 aliphatic heterocycles. The third-order valence-corrected chi connectivity index (χ3v) is 6.60. The first-order valence-electron chi connectivity index (χ1n) is 6.28. The predicted molar refractivity (Wildman–Crippen MR) is 88.3 cm³/mol. The number of hydrogen-bond donors (Lipinski definition) is 1. The summed E-state index contributed by atoms with van der Waals surface area (Å²) in [5.41, 5.74) is 7.78. The van der Waals surface area contributed by atoms with Gasteiger partial charge in [-0.3, -0.25) is 0 Å². The Bertz CT molecular complexity index is 746. The molecule has 2 rings (SSSR count). The molecule has 114 valence electrons. The van der Waals surface area contributed by atoms with Crippen LogP contribution >= 0.6 is 22.9 Å². The zero-order chi connectivity index (χ0) is 15.8. The lowest BCUT2D eigenvalue weighted by Crippen LogP contribution is -2.26. The first-order valence-corrected chi connectivity index (χ1v) is 8.98. The van der Waals surface area contributed by atoms with Gasteiger partial charge in [0.1, 0.15) is 0 Å². The minimum Gasteiger partial charge on any atom is -0.397 e. The molecule has 0 amide bonds. The minimum absolute atomic E-state index is 0.165. The smallest absolute Gasteiger partial charge is 0.243 e. The molecule has 0 saturated heterocycles. The summed E-state index contributed by atoms with van der Waals surface area (Å²) in [6, 6.07) is 4.93. The number of benzene rings is 1. The van der Waals surface area contributed by atoms with E-state index in [0.29, 0.717) is 17.1 Å². The van der Waals surface area contributed by atoms with Gasteiger partial charge in [-0.15, -0.1) is 11.3 Å². The van der Waals surface area contributed by atoms with Crippen LogP contribution in [0, 0.1) is 13.8 Å². The van der Waals surface area contributed by atoms with Crippen LogP contribution in [-0.2, 0) is 16.6 Å². The molecule has 0 saturated carbocycles. The zero-order valence-corrected chi connectivity index (χ0v) is 14.4. The van der Waals surface area contributed by atoms with E-state index in [1.165, 1.54) is 10.4 Å². The Kier molecular flexibility index (Phi) is 4.63. The highest BCUT2D eigenvalue weighted by atomic mass is 35.5. The van der Waals surface area contributed by atoms with E-state index in [9.17, 15) is 8.42 Å². The van der Waals surface area contributed by atoms with Crippen LogP contribution in [0.25, 0.3) is 0 Å². The van der Waals surface area contributed by atoms with E-state index in [4.69, 9.17) is 17.3 Å². The fourth-order valence-corrected chi connectivity index (χ4v) is 4.35. The highest BCUT2D eigenvalue weighted by Crippen LogP contribution is 2.29. The molecule has 1 aromatic heterocycles. The monoisotopic (exact) mass is 344 g/mol. The van der Waals surface area contributed by atoms with E-state index in [0.717, 1.165) is 10.4 Å². The van der Waals surface area contributed by atoms with E-state index < -0.39 is 10.0 Å². The Hall–Kier alpha value is -1.08. The topological polar surface area (TPSA) is 63.4 Å². The Morgan fingerprint density at radius 3 is 2.48 bits per heavy atom. The van der Waals surface area contributed by atoms with Crippen molar-refractivity contribution in [2.45, 2.75) is 25.3 Å². The molecule has 21 heavy (non-hydrogen) atoms. The van der Waals surface area contributed by atoms with Crippen molar-refractivity contribution in [2.75, 3.05) is 12.8 Å². The van der Waals surface area contributed by atoms with Gasteiger partial charge in [0.25, 0.3) is 0 Å². The third kappa shape index (κ3) is 3.23. The number of nitrogen functional groups attached to an aromatic ring is 1. The van der Waals surface area contributed by atoms with Crippen LogP contribution in [0.4, 0.5) is 5.69 Å². The number of anilines is 1. The molecule has 0 aliphatic carbocycles. The van der Waals surface area contributed by atoms with Crippen LogP contribution in [0.15, 0.2) is 28.5 Å². The number of thiophene rings is 1. The molecule has 0 atom stereocenters. The van der Waals surface area contributed by atoms with E-state index in [1.54, 1.807) is 31.4 Å². The lowest BCUT2D eigenvalue weighted by atomic mass is 10.2. The van der Waals surface area contributed by atoms with Crippen molar-refractivity contribution in [1.82, 2.24) is 4.31 Å². The number of rotatable bonds is 4. The molecule has 0 fully saturated rings. The van der Waals surface area contributed by atoms with Crippen molar-refractivity contribution >= 4 is 38.6 Å². The van der Waals surface area contributed by atoms with Crippen LogP contribution < -0.4 is 5.73 Å². The van der Waals surface area contributed by atoms with E-state index in [-0.39, 0.29) is 10.6 Å². The molecule has 7 heteroatoms. The average molecular weight is 345 g/mol. The molecule has 0 aliphatic rings. The lowest BCUT2D eigenvalue weighted by Gasteiger charge is -2.18. The average Bonchev–Trinajstić information content (AvgIpc) is 2.80. The van der Waals surface area contributed by atoms with Gasteiger partial charge in [0, 0.05) is 18.5 Å². The Morgan fingerprint density at radius 1 is 1.29 bits per heavy atom. The van der Waals surface area contributed by atoms with Gasteiger partial charge in [0.15, 0.2) is 0 Å². The van der Waals surface area contributed by atoms with Gasteiger partial charge >= 0.3 is 0 Å². The molecule has 1 aromatic carbocycles. The predicted octanol–water partition coefficient (Wildman–Crippen LogP) is 3.42. The summed E-state index contributed by atoms with van der Waals surface area (Å²) in [5, 5.41) is 2.35. The van der Waals surface area contributed by atoms with Gasteiger partial charge in [0.2, 0.25) is 10.0 Å². The Balaban J connectivity index is 2.35. The van der Waals surface area contributed by atoms with E-state index >= 15 is 0 Å². The summed E-state index contributed by atoms with van der Waals surface area (Å²) in [7, 11) is -2.03. The summed E-state index contributed by atoms with van der Waals surface area (Å²) in [6.45, 7) is 4.05. The first kappa shape index (κ1) is 16.3. The maximum absolute atomic E-state index is 12.6. The first-order chi connectivity index (χ1) is 9.73. The van der Waals surface area contributed by atoms with Crippen LogP contribution in [0.2, 0.25) is 5.02 Å². The summed E-state index contributed by atoms with van der Waals surface area (Å²) in [5.74, 6) is 0. The van der Waals surface area contributed by atoms with Crippen LogP contribution in [0.1, 0.15) is 16.0 Å². The largest absolute Gasteiger partial charge is 0.397 e. The molecule has 0 unspecified atom stereocenters. The molecular formula is C14H17ClN2O2S2. The summed E-state index contributed by atoms with van der Waals surface area (Å²) in [4.78, 5) is 1.19. The zero-order valence-electron chi connectivity index (χ0n) is 12.1. The normalized spacial score (nSPS) is 12.0. The summed E-state index contributed by atoms with van der Waals surface area (Å²) >= 11 is 7.53. The van der Waals surface area contributed by atoms with Crippen LogP contribution in [-0.4, -0.2) is 19.8 Å². The van der Waals surface area contributed by atoms with E-state index in [1.807, 2.05) is 18.4 Å². The number of nitrogens with zero attached hydrogens (tertiary/aromatic N) is 1. The number of nitrogens with two attached hydrogens (primary N) is 1.